The third kappa shape index (κ3) is 2.87. The Balaban J connectivity index is 2.56. The molecule has 1 saturated carbocycles. The van der Waals surface area contributed by atoms with Crippen molar-refractivity contribution in [3.8, 4) is 0 Å². The Morgan fingerprint density at radius 1 is 1.17 bits per heavy atom. The lowest BCUT2D eigenvalue weighted by atomic mass is 10.0. The van der Waals surface area contributed by atoms with Crippen LogP contribution in [-0.2, 0) is 10.2 Å². The first-order chi connectivity index (χ1) is 8.07. The van der Waals surface area contributed by atoms with Crippen LogP contribution in [0.4, 0.5) is 0 Å². The van der Waals surface area contributed by atoms with Gasteiger partial charge in [0.2, 0.25) is 0 Å². The van der Waals surface area contributed by atoms with Crippen molar-refractivity contribution in [2.24, 2.45) is 10.8 Å². The zero-order valence-electron chi connectivity index (χ0n) is 12.4. The van der Waals surface area contributed by atoms with Crippen LogP contribution >= 0.6 is 0 Å². The van der Waals surface area contributed by atoms with Crippen LogP contribution in [0.3, 0.4) is 0 Å². The van der Waals surface area contributed by atoms with Gasteiger partial charge in [-0.2, -0.15) is 17.4 Å². The molecule has 0 radical (unpaired) electrons. The van der Waals surface area contributed by atoms with Crippen molar-refractivity contribution < 1.29 is 8.42 Å². The molecule has 1 rings (SSSR count). The van der Waals surface area contributed by atoms with Gasteiger partial charge in [0.1, 0.15) is 0 Å². The van der Waals surface area contributed by atoms with Gasteiger partial charge in [-0.15, -0.1) is 0 Å². The van der Waals surface area contributed by atoms with Crippen molar-refractivity contribution in [1.29, 1.82) is 0 Å². The molecule has 0 aliphatic heterocycles. The van der Waals surface area contributed by atoms with Crippen molar-refractivity contribution in [3.63, 3.8) is 0 Å². The summed E-state index contributed by atoms with van der Waals surface area (Å²) < 4.78 is 28.5. The van der Waals surface area contributed by atoms with Gasteiger partial charge in [-0.1, -0.05) is 27.7 Å². The van der Waals surface area contributed by atoms with E-state index in [4.69, 9.17) is 0 Å². The Morgan fingerprint density at radius 3 is 2.06 bits per heavy atom. The molecule has 1 aliphatic carbocycles. The lowest BCUT2D eigenvalue weighted by Crippen LogP contribution is -2.42. The molecule has 1 fully saturated rings. The quantitative estimate of drug-likeness (QED) is 0.677. The average Bonchev–Trinajstić information content (AvgIpc) is 2.61. The van der Waals surface area contributed by atoms with Gasteiger partial charge in [0.05, 0.1) is 0 Å². The minimum absolute atomic E-state index is 0.0155. The van der Waals surface area contributed by atoms with Crippen LogP contribution in [0.1, 0.15) is 34.1 Å². The molecule has 0 amide bonds. The van der Waals surface area contributed by atoms with Crippen LogP contribution < -0.4 is 10.0 Å². The zero-order chi connectivity index (χ0) is 14.2. The van der Waals surface area contributed by atoms with Gasteiger partial charge in [-0.05, 0) is 30.8 Å². The molecular formula is C12H27N3O2S. The maximum absolute atomic E-state index is 12.1. The first-order valence-corrected chi connectivity index (χ1v) is 7.89. The maximum atomic E-state index is 12.1. The minimum Gasteiger partial charge on any atom is -0.320 e. The highest BCUT2D eigenvalue weighted by atomic mass is 32.2. The molecule has 0 saturated heterocycles. The van der Waals surface area contributed by atoms with E-state index in [0.29, 0.717) is 6.54 Å². The van der Waals surface area contributed by atoms with E-state index in [2.05, 4.69) is 37.7 Å². The van der Waals surface area contributed by atoms with E-state index in [1.54, 1.807) is 7.05 Å². The fourth-order valence-electron chi connectivity index (χ4n) is 2.33. The number of nitrogens with one attached hydrogen (secondary N) is 2. The summed E-state index contributed by atoms with van der Waals surface area (Å²) in [6.45, 7) is 9.74. The topological polar surface area (TPSA) is 61.4 Å². The van der Waals surface area contributed by atoms with Gasteiger partial charge in [0.25, 0.3) is 10.2 Å². The molecule has 5 nitrogen and oxygen atoms in total. The summed E-state index contributed by atoms with van der Waals surface area (Å²) >= 11 is 0. The molecule has 0 aromatic carbocycles. The molecular weight excluding hydrogens is 250 g/mol. The Labute approximate surface area is 112 Å². The van der Waals surface area contributed by atoms with E-state index in [0.717, 1.165) is 13.0 Å². The van der Waals surface area contributed by atoms with Crippen LogP contribution in [0, 0.1) is 10.8 Å². The normalized spacial score (nSPS) is 22.4. The molecule has 0 bridgehead atoms. The predicted molar refractivity (Wildman–Crippen MR) is 74.6 cm³/mol. The second-order valence-electron chi connectivity index (χ2n) is 6.28. The molecule has 1 aliphatic rings. The fraction of sp³-hybridized carbons (Fsp3) is 1.00. The minimum atomic E-state index is -3.36. The van der Waals surface area contributed by atoms with E-state index in [9.17, 15) is 8.42 Å². The highest BCUT2D eigenvalue weighted by Gasteiger charge is 2.66. The highest BCUT2D eigenvalue weighted by Crippen LogP contribution is 2.62. The molecule has 108 valence electrons. The standard InChI is InChI=1S/C12H27N3O2S/c1-11(2)10(12(11,3)4)14-18(16,17)15(6)9-7-8-13-5/h10,13-14H,7-9H2,1-6H3. The van der Waals surface area contributed by atoms with Gasteiger partial charge < -0.3 is 5.32 Å². The largest absolute Gasteiger partial charge is 0.320 e. The summed E-state index contributed by atoms with van der Waals surface area (Å²) in [4.78, 5) is 0. The van der Waals surface area contributed by atoms with E-state index in [-0.39, 0.29) is 16.9 Å². The summed E-state index contributed by atoms with van der Waals surface area (Å²) in [6.07, 6.45) is 0.811. The first kappa shape index (κ1) is 15.9. The van der Waals surface area contributed by atoms with Crippen LogP contribution in [0.5, 0.6) is 0 Å². The SMILES string of the molecule is CNCCCN(C)S(=O)(=O)NC1C(C)(C)C1(C)C. The number of hydrogen-bond acceptors (Lipinski definition) is 3. The summed E-state index contributed by atoms with van der Waals surface area (Å²) in [5.41, 5.74) is 0.0395. The second-order valence-corrected chi connectivity index (χ2v) is 8.09. The van der Waals surface area contributed by atoms with Gasteiger partial charge in [-0.25, -0.2) is 0 Å². The van der Waals surface area contributed by atoms with Crippen molar-refractivity contribution >= 4 is 10.2 Å². The summed E-state index contributed by atoms with van der Waals surface area (Å²) in [7, 11) is 0.124. The number of nitrogens with zero attached hydrogens (tertiary/aromatic N) is 1. The second kappa shape index (κ2) is 5.07. The fourth-order valence-corrected chi connectivity index (χ4v) is 3.77. The van der Waals surface area contributed by atoms with Crippen LogP contribution in [0.2, 0.25) is 0 Å². The van der Waals surface area contributed by atoms with Crippen LogP contribution in [0.15, 0.2) is 0 Å². The molecule has 2 N–H and O–H groups in total. The number of hydrogen-bond donors (Lipinski definition) is 2. The van der Waals surface area contributed by atoms with Crippen molar-refractivity contribution in [2.75, 3.05) is 27.2 Å². The Bertz CT molecular complexity index is 376. The van der Waals surface area contributed by atoms with Gasteiger partial charge in [0.15, 0.2) is 0 Å². The Kier molecular flexibility index (Phi) is 4.48. The lowest BCUT2D eigenvalue weighted by Gasteiger charge is -2.18. The van der Waals surface area contributed by atoms with E-state index in [1.807, 2.05) is 7.05 Å². The third-order valence-electron chi connectivity index (χ3n) is 4.60. The predicted octanol–water partition coefficient (Wildman–Crippen LogP) is 0.797. The summed E-state index contributed by atoms with van der Waals surface area (Å²) in [5.74, 6) is 0. The monoisotopic (exact) mass is 277 g/mol. The Morgan fingerprint density at radius 2 is 1.67 bits per heavy atom. The lowest BCUT2D eigenvalue weighted by molar-refractivity contribution is 0.442. The average molecular weight is 277 g/mol. The number of rotatable bonds is 7. The summed E-state index contributed by atoms with van der Waals surface area (Å²) in [5, 5.41) is 3.01. The molecule has 0 atom stereocenters. The summed E-state index contributed by atoms with van der Waals surface area (Å²) in [6, 6.07) is 0.0155. The molecule has 0 aromatic rings. The first-order valence-electron chi connectivity index (χ1n) is 6.45. The maximum Gasteiger partial charge on any atom is 0.279 e. The van der Waals surface area contributed by atoms with Gasteiger partial charge >= 0.3 is 0 Å². The molecule has 0 spiro atoms. The third-order valence-corrected chi connectivity index (χ3v) is 6.13. The van der Waals surface area contributed by atoms with Crippen LogP contribution in [-0.4, -0.2) is 45.9 Å². The van der Waals surface area contributed by atoms with Gasteiger partial charge in [-0.3, -0.25) is 0 Å². The highest BCUT2D eigenvalue weighted by molar-refractivity contribution is 7.87. The van der Waals surface area contributed by atoms with E-state index in [1.165, 1.54) is 4.31 Å². The van der Waals surface area contributed by atoms with Crippen LogP contribution in [0.25, 0.3) is 0 Å². The van der Waals surface area contributed by atoms with E-state index < -0.39 is 10.2 Å². The smallest absolute Gasteiger partial charge is 0.279 e. The van der Waals surface area contributed by atoms with Gasteiger partial charge in [0, 0.05) is 19.6 Å². The zero-order valence-corrected chi connectivity index (χ0v) is 13.2. The van der Waals surface area contributed by atoms with E-state index >= 15 is 0 Å². The molecule has 0 heterocycles. The molecule has 0 unspecified atom stereocenters. The van der Waals surface area contributed by atoms with Crippen molar-refractivity contribution in [2.45, 2.75) is 40.2 Å². The molecule has 18 heavy (non-hydrogen) atoms. The van der Waals surface area contributed by atoms with Crippen molar-refractivity contribution in [1.82, 2.24) is 14.3 Å². The van der Waals surface area contributed by atoms with Crippen molar-refractivity contribution in [3.05, 3.63) is 0 Å². The Hall–Kier alpha value is -0.170. The molecule has 6 heteroatoms. The molecule has 0 aromatic heterocycles.